The van der Waals surface area contributed by atoms with Crippen molar-refractivity contribution in [2.75, 3.05) is 4.90 Å². The van der Waals surface area contributed by atoms with E-state index in [9.17, 15) is 4.79 Å². The van der Waals surface area contributed by atoms with Crippen molar-refractivity contribution >= 4 is 45.4 Å². The van der Waals surface area contributed by atoms with Gasteiger partial charge < -0.3 is 0 Å². The molecule has 1 aliphatic heterocycles. The number of nitrogens with zero attached hydrogens (tertiary/aromatic N) is 1. The first-order valence-electron chi connectivity index (χ1n) is 10.4. The number of carbonyl (C=O) groups excluding carboxylic acids is 1. The largest absolute Gasteiger partial charge is 0.284 e. The molecule has 4 aromatic carbocycles. The fourth-order valence-corrected chi connectivity index (χ4v) is 5.62. The Bertz CT molecular complexity index is 1270. The van der Waals surface area contributed by atoms with E-state index in [4.69, 9.17) is 0 Å². The van der Waals surface area contributed by atoms with Gasteiger partial charge in [-0.25, -0.2) is 0 Å². The Hall–Kier alpha value is -3.08. The van der Waals surface area contributed by atoms with Crippen molar-refractivity contribution in [1.29, 1.82) is 0 Å². The maximum absolute atomic E-state index is 13.9. The standard InChI is InChI=1S/C28H20BrNOS/c29-24-17-15-23(16-18-24)28(20-19-21-9-3-1-4-10-21)30(25-13-7-8-14-26(25)32-28)27(31)22-11-5-2-6-12-22/h1-20H. The lowest BCUT2D eigenvalue weighted by atomic mass is 10.0. The number of halogens is 1. The molecule has 1 aliphatic rings. The number of thioether (sulfide) groups is 1. The number of para-hydroxylation sites is 1. The Balaban J connectivity index is 1.72. The molecule has 0 radical (unpaired) electrons. The number of carbonyl (C=O) groups is 1. The van der Waals surface area contributed by atoms with Crippen LogP contribution in [0, 0.1) is 0 Å². The van der Waals surface area contributed by atoms with E-state index in [1.165, 1.54) is 0 Å². The topological polar surface area (TPSA) is 20.3 Å². The quantitative estimate of drug-likeness (QED) is 0.287. The summed E-state index contributed by atoms with van der Waals surface area (Å²) in [6.07, 6.45) is 4.25. The van der Waals surface area contributed by atoms with Gasteiger partial charge in [0.1, 0.15) is 4.87 Å². The van der Waals surface area contributed by atoms with Crippen LogP contribution in [-0.4, -0.2) is 5.91 Å². The molecule has 0 fully saturated rings. The molecule has 1 atom stereocenters. The lowest BCUT2D eigenvalue weighted by molar-refractivity contribution is 0.0978. The molecule has 0 aliphatic carbocycles. The van der Waals surface area contributed by atoms with Gasteiger partial charge in [0, 0.05) is 14.9 Å². The fourth-order valence-electron chi connectivity index (χ4n) is 3.95. The highest BCUT2D eigenvalue weighted by molar-refractivity contribution is 9.10. The molecular weight excluding hydrogens is 478 g/mol. The SMILES string of the molecule is O=C(c1ccccc1)N1c2ccccc2SC1(C=Cc1ccccc1)c1ccc(Br)cc1. The van der Waals surface area contributed by atoms with E-state index in [0.717, 1.165) is 26.2 Å². The third-order valence-electron chi connectivity index (χ3n) is 5.49. The third-order valence-corrected chi connectivity index (χ3v) is 7.45. The first-order valence-corrected chi connectivity index (χ1v) is 12.0. The zero-order valence-electron chi connectivity index (χ0n) is 17.2. The molecular formula is C28H20BrNOS. The average molecular weight is 498 g/mol. The Morgan fingerprint density at radius 1 is 0.781 bits per heavy atom. The molecule has 0 spiro atoms. The van der Waals surface area contributed by atoms with Gasteiger partial charge >= 0.3 is 0 Å². The maximum Gasteiger partial charge on any atom is 0.260 e. The molecule has 156 valence electrons. The minimum absolute atomic E-state index is 0.0244. The van der Waals surface area contributed by atoms with Gasteiger partial charge in [-0.15, -0.1) is 0 Å². The normalized spacial score (nSPS) is 17.5. The Labute approximate surface area is 200 Å². The molecule has 0 bridgehead atoms. The van der Waals surface area contributed by atoms with Gasteiger partial charge in [0.05, 0.1) is 5.69 Å². The summed E-state index contributed by atoms with van der Waals surface area (Å²) in [5.41, 5.74) is 3.72. The van der Waals surface area contributed by atoms with E-state index < -0.39 is 4.87 Å². The molecule has 2 nitrogen and oxygen atoms in total. The molecule has 1 amide bonds. The molecule has 4 aromatic rings. The first kappa shape index (κ1) is 20.8. The van der Waals surface area contributed by atoms with E-state index in [2.05, 4.69) is 58.4 Å². The molecule has 32 heavy (non-hydrogen) atoms. The number of hydrogen-bond acceptors (Lipinski definition) is 2. The van der Waals surface area contributed by atoms with Crippen LogP contribution in [0.15, 0.2) is 125 Å². The second-order valence-corrected chi connectivity index (χ2v) is 9.71. The molecule has 0 saturated carbocycles. The van der Waals surface area contributed by atoms with E-state index in [-0.39, 0.29) is 5.91 Å². The second kappa shape index (κ2) is 8.81. The molecule has 5 rings (SSSR count). The summed E-state index contributed by atoms with van der Waals surface area (Å²) in [6, 6.07) is 36.1. The van der Waals surface area contributed by atoms with Gasteiger partial charge in [0.2, 0.25) is 0 Å². The average Bonchev–Trinajstić information content (AvgIpc) is 3.19. The van der Waals surface area contributed by atoms with Crippen LogP contribution in [-0.2, 0) is 4.87 Å². The monoisotopic (exact) mass is 497 g/mol. The van der Waals surface area contributed by atoms with Crippen LogP contribution in [0.1, 0.15) is 21.5 Å². The molecule has 0 N–H and O–H groups in total. The predicted octanol–water partition coefficient (Wildman–Crippen LogP) is 7.77. The highest BCUT2D eigenvalue weighted by atomic mass is 79.9. The zero-order valence-corrected chi connectivity index (χ0v) is 19.6. The highest BCUT2D eigenvalue weighted by Gasteiger charge is 2.47. The number of fused-ring (bicyclic) bond motifs is 1. The summed E-state index contributed by atoms with van der Waals surface area (Å²) < 4.78 is 1.00. The van der Waals surface area contributed by atoms with Crippen LogP contribution >= 0.6 is 27.7 Å². The number of benzene rings is 4. The van der Waals surface area contributed by atoms with Crippen LogP contribution < -0.4 is 4.90 Å². The first-order chi connectivity index (χ1) is 15.7. The lowest BCUT2D eigenvalue weighted by Crippen LogP contribution is -2.43. The van der Waals surface area contributed by atoms with Crippen LogP contribution in [0.5, 0.6) is 0 Å². The van der Waals surface area contributed by atoms with Crippen molar-refractivity contribution in [2.24, 2.45) is 0 Å². The molecule has 0 aromatic heterocycles. The predicted molar refractivity (Wildman–Crippen MR) is 137 cm³/mol. The number of hydrogen-bond donors (Lipinski definition) is 0. The van der Waals surface area contributed by atoms with E-state index >= 15 is 0 Å². The van der Waals surface area contributed by atoms with Gasteiger partial charge in [0.15, 0.2) is 0 Å². The summed E-state index contributed by atoms with van der Waals surface area (Å²) in [5, 5.41) is 0. The van der Waals surface area contributed by atoms with Crippen molar-refractivity contribution in [1.82, 2.24) is 0 Å². The number of amides is 1. The summed E-state index contributed by atoms with van der Waals surface area (Å²) in [4.78, 5) is 16.2. The summed E-state index contributed by atoms with van der Waals surface area (Å²) in [5.74, 6) is -0.0244. The molecule has 4 heteroatoms. The third kappa shape index (κ3) is 3.81. The second-order valence-electron chi connectivity index (χ2n) is 7.52. The van der Waals surface area contributed by atoms with E-state index in [1.54, 1.807) is 11.8 Å². The maximum atomic E-state index is 13.9. The number of rotatable bonds is 4. The van der Waals surface area contributed by atoms with Gasteiger partial charge in [-0.3, -0.25) is 9.69 Å². The highest BCUT2D eigenvalue weighted by Crippen LogP contribution is 2.57. The Morgan fingerprint density at radius 3 is 2.12 bits per heavy atom. The molecule has 1 unspecified atom stereocenters. The fraction of sp³-hybridized carbons (Fsp3) is 0.0357. The summed E-state index contributed by atoms with van der Waals surface area (Å²) in [6.45, 7) is 0. The van der Waals surface area contributed by atoms with Gasteiger partial charge in [-0.1, -0.05) is 107 Å². The van der Waals surface area contributed by atoms with Crippen LogP contribution in [0.4, 0.5) is 5.69 Å². The summed E-state index contributed by atoms with van der Waals surface area (Å²) >= 11 is 5.25. The Kier molecular flexibility index (Phi) is 5.73. The minimum atomic E-state index is -0.715. The van der Waals surface area contributed by atoms with Crippen molar-refractivity contribution in [2.45, 2.75) is 9.77 Å². The van der Waals surface area contributed by atoms with Crippen LogP contribution in [0.25, 0.3) is 6.08 Å². The van der Waals surface area contributed by atoms with Gasteiger partial charge in [-0.05, 0) is 53.6 Å². The lowest BCUT2D eigenvalue weighted by Gasteiger charge is -2.36. The van der Waals surface area contributed by atoms with Gasteiger partial charge in [0.25, 0.3) is 5.91 Å². The molecule has 1 heterocycles. The Morgan fingerprint density at radius 2 is 1.41 bits per heavy atom. The van der Waals surface area contributed by atoms with Crippen LogP contribution in [0.3, 0.4) is 0 Å². The van der Waals surface area contributed by atoms with Crippen molar-refractivity contribution in [3.8, 4) is 0 Å². The zero-order chi connectivity index (χ0) is 22.0. The number of anilines is 1. The van der Waals surface area contributed by atoms with Crippen molar-refractivity contribution in [3.63, 3.8) is 0 Å². The van der Waals surface area contributed by atoms with E-state index in [1.807, 2.05) is 83.8 Å². The van der Waals surface area contributed by atoms with E-state index in [0.29, 0.717) is 5.56 Å². The van der Waals surface area contributed by atoms with Gasteiger partial charge in [-0.2, -0.15) is 0 Å². The minimum Gasteiger partial charge on any atom is -0.284 e. The smallest absolute Gasteiger partial charge is 0.260 e. The van der Waals surface area contributed by atoms with Crippen LogP contribution in [0.2, 0.25) is 0 Å². The summed E-state index contributed by atoms with van der Waals surface area (Å²) in [7, 11) is 0. The van der Waals surface area contributed by atoms with Crippen molar-refractivity contribution in [3.05, 3.63) is 136 Å². The van der Waals surface area contributed by atoms with Crippen molar-refractivity contribution < 1.29 is 4.79 Å². The molecule has 0 saturated heterocycles.